The third-order valence-corrected chi connectivity index (χ3v) is 3.90. The van der Waals surface area contributed by atoms with Crippen LogP contribution >= 0.6 is 0 Å². The van der Waals surface area contributed by atoms with Crippen molar-refractivity contribution in [3.05, 3.63) is 30.7 Å². The molecule has 1 amide bonds. The maximum absolute atomic E-state index is 12.4. The Bertz CT molecular complexity index is 489. The molecule has 1 aromatic rings. The molecule has 20 heavy (non-hydrogen) atoms. The SMILES string of the molecule is O=C([C@H]1CC=CCC1)N1CC[C@H](Oc2cnccn2)C1. The molecule has 0 N–H and O–H groups in total. The average molecular weight is 273 g/mol. The van der Waals surface area contributed by atoms with Crippen LogP contribution in [0.15, 0.2) is 30.7 Å². The first-order valence-corrected chi connectivity index (χ1v) is 7.19. The summed E-state index contributed by atoms with van der Waals surface area (Å²) in [5.41, 5.74) is 0. The summed E-state index contributed by atoms with van der Waals surface area (Å²) < 4.78 is 5.76. The Balaban J connectivity index is 1.54. The zero-order chi connectivity index (χ0) is 13.8. The van der Waals surface area contributed by atoms with Crippen LogP contribution in [0.25, 0.3) is 0 Å². The largest absolute Gasteiger partial charge is 0.471 e. The van der Waals surface area contributed by atoms with Crippen LogP contribution in [0.1, 0.15) is 25.7 Å². The summed E-state index contributed by atoms with van der Waals surface area (Å²) in [4.78, 5) is 22.4. The van der Waals surface area contributed by atoms with Crippen molar-refractivity contribution in [2.24, 2.45) is 5.92 Å². The molecule has 0 radical (unpaired) electrons. The van der Waals surface area contributed by atoms with Gasteiger partial charge in [0.05, 0.1) is 12.7 Å². The van der Waals surface area contributed by atoms with E-state index >= 15 is 0 Å². The number of amides is 1. The van der Waals surface area contributed by atoms with E-state index in [0.29, 0.717) is 12.4 Å². The topological polar surface area (TPSA) is 55.3 Å². The van der Waals surface area contributed by atoms with Gasteiger partial charge in [0, 0.05) is 31.3 Å². The summed E-state index contributed by atoms with van der Waals surface area (Å²) in [6.07, 6.45) is 12.9. The standard InChI is InChI=1S/C15H19N3O2/c19-15(12-4-2-1-3-5-12)18-9-6-13(11-18)20-14-10-16-7-8-17-14/h1-2,7-8,10,12-13H,3-6,9,11H2/t12-,13-/m0/s1. The highest BCUT2D eigenvalue weighted by atomic mass is 16.5. The van der Waals surface area contributed by atoms with Gasteiger partial charge in [0.1, 0.15) is 6.10 Å². The van der Waals surface area contributed by atoms with Crippen molar-refractivity contribution < 1.29 is 9.53 Å². The van der Waals surface area contributed by atoms with Crippen LogP contribution in [0.5, 0.6) is 5.88 Å². The van der Waals surface area contributed by atoms with E-state index in [9.17, 15) is 4.79 Å². The lowest BCUT2D eigenvalue weighted by molar-refractivity contribution is -0.135. The summed E-state index contributed by atoms with van der Waals surface area (Å²) >= 11 is 0. The summed E-state index contributed by atoms with van der Waals surface area (Å²) in [6.45, 7) is 1.44. The van der Waals surface area contributed by atoms with Crippen molar-refractivity contribution >= 4 is 5.91 Å². The summed E-state index contributed by atoms with van der Waals surface area (Å²) in [7, 11) is 0. The lowest BCUT2D eigenvalue weighted by Crippen LogP contribution is -2.36. The number of carbonyl (C=O) groups excluding carboxylic acids is 1. The highest BCUT2D eigenvalue weighted by Gasteiger charge is 2.31. The molecule has 5 nitrogen and oxygen atoms in total. The van der Waals surface area contributed by atoms with Gasteiger partial charge in [-0.1, -0.05) is 12.2 Å². The van der Waals surface area contributed by atoms with E-state index in [0.717, 1.165) is 32.2 Å². The van der Waals surface area contributed by atoms with Crippen molar-refractivity contribution in [3.63, 3.8) is 0 Å². The molecule has 1 aromatic heterocycles. The second kappa shape index (κ2) is 6.03. The van der Waals surface area contributed by atoms with Crippen molar-refractivity contribution in [1.29, 1.82) is 0 Å². The Morgan fingerprint density at radius 2 is 2.25 bits per heavy atom. The minimum Gasteiger partial charge on any atom is -0.471 e. The molecule has 2 heterocycles. The molecule has 0 spiro atoms. The number of hydrogen-bond acceptors (Lipinski definition) is 4. The summed E-state index contributed by atoms with van der Waals surface area (Å²) in [5.74, 6) is 0.974. The van der Waals surface area contributed by atoms with Gasteiger partial charge in [0.25, 0.3) is 0 Å². The molecule has 1 aliphatic carbocycles. The minimum atomic E-state index is 0.0368. The molecular weight excluding hydrogens is 254 g/mol. The molecule has 0 aromatic carbocycles. The first-order chi connectivity index (χ1) is 9.83. The zero-order valence-corrected chi connectivity index (χ0v) is 11.4. The molecule has 1 fully saturated rings. The number of hydrogen-bond donors (Lipinski definition) is 0. The average Bonchev–Trinajstić information content (AvgIpc) is 2.97. The Labute approximate surface area is 118 Å². The van der Waals surface area contributed by atoms with E-state index in [1.165, 1.54) is 0 Å². The number of allylic oxidation sites excluding steroid dienone is 2. The predicted octanol–water partition coefficient (Wildman–Crippen LogP) is 1.81. The van der Waals surface area contributed by atoms with E-state index < -0.39 is 0 Å². The van der Waals surface area contributed by atoms with Crippen molar-refractivity contribution in [1.82, 2.24) is 14.9 Å². The second-order valence-corrected chi connectivity index (χ2v) is 5.34. The van der Waals surface area contributed by atoms with Crippen molar-refractivity contribution in [2.75, 3.05) is 13.1 Å². The Hall–Kier alpha value is -1.91. The van der Waals surface area contributed by atoms with Gasteiger partial charge in [-0.25, -0.2) is 4.98 Å². The van der Waals surface area contributed by atoms with E-state index in [2.05, 4.69) is 22.1 Å². The molecule has 1 saturated heterocycles. The predicted molar refractivity (Wildman–Crippen MR) is 74.1 cm³/mol. The normalized spacial score (nSPS) is 25.7. The molecular formula is C15H19N3O2. The molecule has 3 rings (SSSR count). The fourth-order valence-electron chi connectivity index (χ4n) is 2.82. The maximum Gasteiger partial charge on any atom is 0.232 e. The molecule has 5 heteroatoms. The quantitative estimate of drug-likeness (QED) is 0.788. The van der Waals surface area contributed by atoms with Crippen LogP contribution in [-0.4, -0.2) is 40.0 Å². The lowest BCUT2D eigenvalue weighted by Gasteiger charge is -2.24. The number of likely N-dealkylation sites (tertiary alicyclic amines) is 1. The van der Waals surface area contributed by atoms with Gasteiger partial charge < -0.3 is 9.64 Å². The molecule has 2 aliphatic rings. The van der Waals surface area contributed by atoms with Crippen LogP contribution in [0.4, 0.5) is 0 Å². The summed E-state index contributed by atoms with van der Waals surface area (Å²) in [5, 5.41) is 0. The molecule has 0 bridgehead atoms. The van der Waals surface area contributed by atoms with E-state index in [4.69, 9.17) is 4.74 Å². The van der Waals surface area contributed by atoms with Gasteiger partial charge in [0.2, 0.25) is 11.8 Å². The van der Waals surface area contributed by atoms with Gasteiger partial charge in [-0.15, -0.1) is 0 Å². The van der Waals surface area contributed by atoms with E-state index in [-0.39, 0.29) is 17.9 Å². The second-order valence-electron chi connectivity index (χ2n) is 5.34. The fraction of sp³-hybridized carbons (Fsp3) is 0.533. The first-order valence-electron chi connectivity index (χ1n) is 7.19. The monoisotopic (exact) mass is 273 g/mol. The van der Waals surface area contributed by atoms with Gasteiger partial charge in [-0.05, 0) is 19.3 Å². The Kier molecular flexibility index (Phi) is 3.95. The Morgan fingerprint density at radius 3 is 3.00 bits per heavy atom. The lowest BCUT2D eigenvalue weighted by atomic mass is 9.93. The van der Waals surface area contributed by atoms with Gasteiger partial charge >= 0.3 is 0 Å². The third-order valence-electron chi connectivity index (χ3n) is 3.90. The fourth-order valence-corrected chi connectivity index (χ4v) is 2.82. The smallest absolute Gasteiger partial charge is 0.232 e. The van der Waals surface area contributed by atoms with Crippen LogP contribution in [0.3, 0.4) is 0 Å². The third kappa shape index (κ3) is 2.98. The molecule has 0 saturated carbocycles. The number of carbonyl (C=O) groups is 1. The van der Waals surface area contributed by atoms with Gasteiger partial charge in [-0.3, -0.25) is 9.78 Å². The number of ether oxygens (including phenoxy) is 1. The molecule has 106 valence electrons. The number of rotatable bonds is 3. The van der Waals surface area contributed by atoms with Gasteiger partial charge in [-0.2, -0.15) is 0 Å². The highest BCUT2D eigenvalue weighted by molar-refractivity contribution is 5.79. The highest BCUT2D eigenvalue weighted by Crippen LogP contribution is 2.24. The first kappa shape index (κ1) is 13.1. The van der Waals surface area contributed by atoms with E-state index in [1.807, 2.05) is 4.90 Å². The van der Waals surface area contributed by atoms with Crippen LogP contribution in [0, 0.1) is 5.92 Å². The molecule has 1 aliphatic heterocycles. The van der Waals surface area contributed by atoms with Crippen LogP contribution in [0.2, 0.25) is 0 Å². The van der Waals surface area contributed by atoms with Crippen molar-refractivity contribution in [2.45, 2.75) is 31.8 Å². The number of aromatic nitrogens is 2. The van der Waals surface area contributed by atoms with Gasteiger partial charge in [0.15, 0.2) is 0 Å². The van der Waals surface area contributed by atoms with Crippen LogP contribution < -0.4 is 4.74 Å². The minimum absolute atomic E-state index is 0.0368. The molecule has 2 atom stereocenters. The Morgan fingerprint density at radius 1 is 1.30 bits per heavy atom. The van der Waals surface area contributed by atoms with Crippen LogP contribution in [-0.2, 0) is 4.79 Å². The molecule has 0 unspecified atom stereocenters. The maximum atomic E-state index is 12.4. The number of nitrogens with zero attached hydrogens (tertiary/aromatic N) is 3. The van der Waals surface area contributed by atoms with E-state index in [1.54, 1.807) is 18.6 Å². The zero-order valence-electron chi connectivity index (χ0n) is 11.4. The van der Waals surface area contributed by atoms with Crippen molar-refractivity contribution in [3.8, 4) is 5.88 Å². The summed E-state index contributed by atoms with van der Waals surface area (Å²) in [6, 6.07) is 0.